The number of hydrogen-bond acceptors (Lipinski definition) is 5. The van der Waals surface area contributed by atoms with Gasteiger partial charge in [0.25, 0.3) is 0 Å². The van der Waals surface area contributed by atoms with Crippen LogP contribution in [0.15, 0.2) is 42.0 Å². The second-order valence-corrected chi connectivity index (χ2v) is 8.04. The van der Waals surface area contributed by atoms with Crippen molar-refractivity contribution in [3.8, 4) is 0 Å². The lowest BCUT2D eigenvalue weighted by Crippen LogP contribution is -2.49. The summed E-state index contributed by atoms with van der Waals surface area (Å²) in [4.78, 5) is 18.6. The second-order valence-electron chi connectivity index (χ2n) is 8.04. The van der Waals surface area contributed by atoms with Crippen molar-refractivity contribution in [2.45, 2.75) is 32.9 Å². The first-order chi connectivity index (χ1) is 14.8. The van der Waals surface area contributed by atoms with Crippen molar-refractivity contribution in [1.29, 1.82) is 0 Å². The van der Waals surface area contributed by atoms with E-state index in [1.54, 1.807) is 0 Å². The van der Waals surface area contributed by atoms with Crippen molar-refractivity contribution in [1.82, 2.24) is 24.8 Å². The number of nitrogens with zero attached hydrogens (tertiary/aromatic N) is 6. The van der Waals surface area contributed by atoms with Crippen molar-refractivity contribution in [2.75, 3.05) is 50.8 Å². The molecule has 0 spiro atoms. The molecular weight excluding hydrogens is 505 g/mol. The Bertz CT molecular complexity index is 823. The van der Waals surface area contributed by atoms with Gasteiger partial charge in [0.05, 0.1) is 32.1 Å². The second kappa shape index (κ2) is 11.7. The maximum atomic E-state index is 5.50. The fraction of sp³-hybridized carbons (Fsp3) is 0.591. The van der Waals surface area contributed by atoms with Crippen LogP contribution in [-0.2, 0) is 11.3 Å². The van der Waals surface area contributed by atoms with Crippen LogP contribution in [-0.4, -0.2) is 71.3 Å². The molecule has 0 amide bonds. The first kappa shape index (κ1) is 23.8. The average molecular weight is 539 g/mol. The van der Waals surface area contributed by atoms with E-state index in [0.717, 1.165) is 69.7 Å². The molecule has 0 aliphatic carbocycles. The van der Waals surface area contributed by atoms with Crippen molar-refractivity contribution in [3.63, 3.8) is 0 Å². The van der Waals surface area contributed by atoms with E-state index >= 15 is 0 Å². The zero-order chi connectivity index (χ0) is 20.8. The topological polar surface area (TPSA) is 70.8 Å². The van der Waals surface area contributed by atoms with E-state index < -0.39 is 0 Å². The lowest BCUT2D eigenvalue weighted by atomic mass is 9.93. The summed E-state index contributed by atoms with van der Waals surface area (Å²) in [6.07, 6.45) is 8.86. The van der Waals surface area contributed by atoms with Crippen LogP contribution in [0.3, 0.4) is 0 Å². The Balaban J connectivity index is 0.00000272. The SMILES string of the molecule is CCNC(=NCc1cccnc1N1CCOCC1)N1CCC(C)C(n2ccnc2)C1.I. The molecular formula is C22H34IN7O. The number of halogens is 1. The lowest BCUT2D eigenvalue weighted by molar-refractivity contribution is 0.122. The maximum absolute atomic E-state index is 5.50. The standard InChI is InChI=1S/C22H33N7O.HI/c1-3-24-22(28-9-6-18(2)20(16-28)29-10-8-23-17-29)26-15-19-5-4-7-25-21(19)27-11-13-30-14-12-27;/h4-5,7-8,10,17-18,20H,3,6,9,11-16H2,1-2H3,(H,24,26);1H. The van der Waals surface area contributed by atoms with Crippen LogP contribution in [0.1, 0.15) is 31.9 Å². The molecule has 4 heterocycles. The molecule has 8 nitrogen and oxygen atoms in total. The van der Waals surface area contributed by atoms with Crippen LogP contribution < -0.4 is 10.2 Å². The number of nitrogens with one attached hydrogen (secondary N) is 1. The van der Waals surface area contributed by atoms with Crippen LogP contribution in [0.5, 0.6) is 0 Å². The minimum atomic E-state index is 0. The van der Waals surface area contributed by atoms with E-state index in [2.05, 4.69) is 55.8 Å². The third-order valence-corrected chi connectivity index (χ3v) is 6.04. The van der Waals surface area contributed by atoms with E-state index in [1.165, 1.54) is 0 Å². The van der Waals surface area contributed by atoms with Gasteiger partial charge in [0.15, 0.2) is 5.96 Å². The van der Waals surface area contributed by atoms with E-state index in [1.807, 2.05) is 24.8 Å². The molecule has 4 rings (SSSR count). The van der Waals surface area contributed by atoms with E-state index in [0.29, 0.717) is 18.5 Å². The Morgan fingerprint density at radius 2 is 2.10 bits per heavy atom. The number of ether oxygens (including phenoxy) is 1. The number of likely N-dealkylation sites (tertiary alicyclic amines) is 1. The molecule has 0 bridgehead atoms. The van der Waals surface area contributed by atoms with Gasteiger partial charge >= 0.3 is 0 Å². The van der Waals surface area contributed by atoms with Gasteiger partial charge in [-0.1, -0.05) is 13.0 Å². The number of guanidine groups is 1. The predicted octanol–water partition coefficient (Wildman–Crippen LogP) is 2.78. The molecule has 2 unspecified atom stereocenters. The third kappa shape index (κ3) is 5.88. The minimum absolute atomic E-state index is 0. The molecule has 2 aromatic heterocycles. The quantitative estimate of drug-likeness (QED) is 0.358. The molecule has 170 valence electrons. The Morgan fingerprint density at radius 1 is 1.26 bits per heavy atom. The number of piperidine rings is 1. The van der Waals surface area contributed by atoms with Gasteiger partial charge in [-0.3, -0.25) is 0 Å². The van der Waals surface area contributed by atoms with Crippen molar-refractivity contribution >= 4 is 35.8 Å². The number of aromatic nitrogens is 3. The molecule has 2 saturated heterocycles. The fourth-order valence-corrected chi connectivity index (χ4v) is 4.29. The van der Waals surface area contributed by atoms with Crippen LogP contribution >= 0.6 is 24.0 Å². The molecule has 2 aromatic rings. The monoisotopic (exact) mass is 539 g/mol. The fourth-order valence-electron chi connectivity index (χ4n) is 4.29. The molecule has 2 fully saturated rings. The first-order valence-electron chi connectivity index (χ1n) is 11.0. The van der Waals surface area contributed by atoms with Crippen LogP contribution in [0, 0.1) is 5.92 Å². The highest BCUT2D eigenvalue weighted by Crippen LogP contribution is 2.27. The van der Waals surface area contributed by atoms with Gasteiger partial charge in [0.2, 0.25) is 0 Å². The molecule has 2 aliphatic heterocycles. The summed E-state index contributed by atoms with van der Waals surface area (Å²) in [6.45, 7) is 11.1. The number of hydrogen-bond donors (Lipinski definition) is 1. The molecule has 0 aromatic carbocycles. The molecule has 2 atom stereocenters. The molecule has 31 heavy (non-hydrogen) atoms. The normalized spacial score (nSPS) is 22.2. The van der Waals surface area contributed by atoms with Crippen LogP contribution in [0.25, 0.3) is 0 Å². The number of morpholine rings is 1. The van der Waals surface area contributed by atoms with Gasteiger partial charge in [-0.2, -0.15) is 0 Å². The predicted molar refractivity (Wildman–Crippen MR) is 134 cm³/mol. The molecule has 0 radical (unpaired) electrons. The zero-order valence-corrected chi connectivity index (χ0v) is 20.8. The van der Waals surface area contributed by atoms with Gasteiger partial charge in [0.1, 0.15) is 5.82 Å². The number of imidazole rings is 1. The maximum Gasteiger partial charge on any atom is 0.194 e. The van der Waals surface area contributed by atoms with E-state index in [-0.39, 0.29) is 24.0 Å². The molecule has 2 aliphatic rings. The third-order valence-electron chi connectivity index (χ3n) is 6.04. The lowest BCUT2D eigenvalue weighted by Gasteiger charge is -2.39. The first-order valence-corrected chi connectivity index (χ1v) is 11.0. The van der Waals surface area contributed by atoms with Crippen molar-refractivity contribution in [3.05, 3.63) is 42.6 Å². The number of rotatable bonds is 5. The number of anilines is 1. The summed E-state index contributed by atoms with van der Waals surface area (Å²) in [5, 5.41) is 3.50. The summed E-state index contributed by atoms with van der Waals surface area (Å²) < 4.78 is 7.73. The van der Waals surface area contributed by atoms with Crippen LogP contribution in [0.2, 0.25) is 0 Å². The molecule has 1 N–H and O–H groups in total. The number of aliphatic imine (C=N–C) groups is 1. The highest BCUT2D eigenvalue weighted by molar-refractivity contribution is 14.0. The van der Waals surface area contributed by atoms with Gasteiger partial charge in [-0.15, -0.1) is 24.0 Å². The Kier molecular flexibility index (Phi) is 8.94. The van der Waals surface area contributed by atoms with Crippen molar-refractivity contribution in [2.24, 2.45) is 10.9 Å². The Labute approximate surface area is 202 Å². The minimum Gasteiger partial charge on any atom is -0.378 e. The highest BCUT2D eigenvalue weighted by atomic mass is 127. The van der Waals surface area contributed by atoms with E-state index in [4.69, 9.17) is 9.73 Å². The average Bonchev–Trinajstić information content (AvgIpc) is 3.33. The van der Waals surface area contributed by atoms with Gasteiger partial charge in [-0.25, -0.2) is 15.0 Å². The Morgan fingerprint density at radius 3 is 2.84 bits per heavy atom. The molecule has 9 heteroatoms. The summed E-state index contributed by atoms with van der Waals surface area (Å²) >= 11 is 0. The van der Waals surface area contributed by atoms with E-state index in [9.17, 15) is 0 Å². The largest absolute Gasteiger partial charge is 0.378 e. The van der Waals surface area contributed by atoms with Crippen LogP contribution in [0.4, 0.5) is 5.82 Å². The smallest absolute Gasteiger partial charge is 0.194 e. The summed E-state index contributed by atoms with van der Waals surface area (Å²) in [5.74, 6) is 2.62. The molecule has 0 saturated carbocycles. The summed E-state index contributed by atoms with van der Waals surface area (Å²) in [6, 6.07) is 4.55. The Hall–Kier alpha value is -1.88. The summed E-state index contributed by atoms with van der Waals surface area (Å²) in [5.41, 5.74) is 1.16. The highest BCUT2D eigenvalue weighted by Gasteiger charge is 2.29. The van der Waals surface area contributed by atoms with Crippen molar-refractivity contribution < 1.29 is 4.74 Å². The number of pyridine rings is 1. The zero-order valence-electron chi connectivity index (χ0n) is 18.5. The van der Waals surface area contributed by atoms with Gasteiger partial charge < -0.3 is 24.4 Å². The van der Waals surface area contributed by atoms with Gasteiger partial charge in [0, 0.05) is 56.9 Å². The van der Waals surface area contributed by atoms with Gasteiger partial charge in [-0.05, 0) is 25.3 Å². The summed E-state index contributed by atoms with van der Waals surface area (Å²) in [7, 11) is 0.